The van der Waals surface area contributed by atoms with Crippen LogP contribution in [0.4, 0.5) is 5.69 Å². The van der Waals surface area contributed by atoms with Crippen LogP contribution in [0.5, 0.6) is 11.5 Å². The van der Waals surface area contributed by atoms with Gasteiger partial charge in [0.1, 0.15) is 17.5 Å². The molecule has 5 rings (SSSR count). The highest BCUT2D eigenvalue weighted by atomic mass is 32.1. The van der Waals surface area contributed by atoms with Crippen LogP contribution in [-0.2, 0) is 0 Å². The lowest BCUT2D eigenvalue weighted by Crippen LogP contribution is -2.30. The van der Waals surface area contributed by atoms with Crippen LogP contribution in [0.15, 0.2) is 91.3 Å². The van der Waals surface area contributed by atoms with Gasteiger partial charge in [-0.05, 0) is 98.9 Å². The monoisotopic (exact) mass is 470 g/mol. The molecule has 3 heterocycles. The maximum atomic E-state index is 9.77. The van der Waals surface area contributed by atoms with Crippen molar-refractivity contribution in [2.75, 3.05) is 4.90 Å². The molecule has 0 saturated carbocycles. The summed E-state index contributed by atoms with van der Waals surface area (Å²) in [4.78, 5) is 6.77. The molecule has 4 aromatic rings. The first kappa shape index (κ1) is 22.0. The summed E-state index contributed by atoms with van der Waals surface area (Å²) in [7, 11) is 0. The Morgan fingerprint density at radius 1 is 0.941 bits per heavy atom. The molecule has 2 aromatic carbocycles. The molecule has 0 aliphatic carbocycles. The standard InChI is InChI=1S/C27H26N4O2S/c1-18(2)33-22-14-10-20(11-15-22)31-26(25(29-27(31)34)23-6-3-4-16-28-23)24-7-5-17-30(24)19-8-12-21(32)13-9-19/h3-18,25-26,32H,1-2H3,(H,29,34). The van der Waals surface area contributed by atoms with E-state index < -0.39 is 0 Å². The Labute approximate surface area is 204 Å². The van der Waals surface area contributed by atoms with Crippen molar-refractivity contribution in [3.63, 3.8) is 0 Å². The van der Waals surface area contributed by atoms with E-state index in [9.17, 15) is 5.11 Å². The lowest BCUT2D eigenvalue weighted by Gasteiger charge is -2.29. The molecule has 172 valence electrons. The third kappa shape index (κ3) is 4.22. The molecule has 2 atom stereocenters. The molecule has 2 unspecified atom stereocenters. The number of pyridine rings is 1. The van der Waals surface area contributed by atoms with Gasteiger partial charge in [0.25, 0.3) is 0 Å². The number of hydrogen-bond acceptors (Lipinski definition) is 4. The zero-order valence-corrected chi connectivity index (χ0v) is 19.8. The largest absolute Gasteiger partial charge is 0.508 e. The molecule has 0 radical (unpaired) electrons. The summed E-state index contributed by atoms with van der Waals surface area (Å²) < 4.78 is 7.96. The van der Waals surface area contributed by atoms with E-state index in [0.717, 1.165) is 28.5 Å². The van der Waals surface area contributed by atoms with E-state index in [1.54, 1.807) is 18.3 Å². The minimum Gasteiger partial charge on any atom is -0.508 e. The summed E-state index contributed by atoms with van der Waals surface area (Å²) in [6, 6.07) is 25.0. The first-order valence-corrected chi connectivity index (χ1v) is 11.7. The molecule has 1 aliphatic heterocycles. The molecule has 34 heavy (non-hydrogen) atoms. The van der Waals surface area contributed by atoms with Gasteiger partial charge in [-0.15, -0.1) is 0 Å². The number of thiocarbonyl (C=S) groups is 1. The van der Waals surface area contributed by atoms with E-state index in [1.807, 2.05) is 80.7 Å². The van der Waals surface area contributed by atoms with Crippen LogP contribution in [0.2, 0.25) is 0 Å². The third-order valence-electron chi connectivity index (χ3n) is 5.80. The second-order valence-electron chi connectivity index (χ2n) is 8.48. The number of phenolic OH excluding ortho intramolecular Hbond substituents is 1. The number of nitrogens with one attached hydrogen (secondary N) is 1. The number of nitrogens with zero attached hydrogens (tertiary/aromatic N) is 3. The minimum atomic E-state index is -0.150. The third-order valence-corrected chi connectivity index (χ3v) is 6.11. The van der Waals surface area contributed by atoms with Crippen LogP contribution in [0.25, 0.3) is 5.69 Å². The van der Waals surface area contributed by atoms with Crippen molar-refractivity contribution in [2.24, 2.45) is 0 Å². The molecule has 1 saturated heterocycles. The molecule has 0 bridgehead atoms. The van der Waals surface area contributed by atoms with Crippen molar-refractivity contribution in [2.45, 2.75) is 32.0 Å². The van der Waals surface area contributed by atoms with Crippen LogP contribution in [0.3, 0.4) is 0 Å². The zero-order valence-electron chi connectivity index (χ0n) is 19.0. The summed E-state index contributed by atoms with van der Waals surface area (Å²) in [5, 5.41) is 13.9. The molecular weight excluding hydrogens is 444 g/mol. The quantitative estimate of drug-likeness (QED) is 0.361. The number of hydrogen-bond donors (Lipinski definition) is 2. The summed E-state index contributed by atoms with van der Waals surface area (Å²) in [6.45, 7) is 4.02. The maximum absolute atomic E-state index is 9.77. The van der Waals surface area contributed by atoms with E-state index in [4.69, 9.17) is 17.0 Å². The second kappa shape index (κ2) is 9.19. The molecule has 6 nitrogen and oxygen atoms in total. The van der Waals surface area contributed by atoms with E-state index in [2.05, 4.69) is 25.8 Å². The fourth-order valence-corrected chi connectivity index (χ4v) is 4.72. The van der Waals surface area contributed by atoms with Gasteiger partial charge in [-0.2, -0.15) is 0 Å². The fraction of sp³-hybridized carbons (Fsp3) is 0.185. The van der Waals surface area contributed by atoms with E-state index in [1.165, 1.54) is 0 Å². The fourth-order valence-electron chi connectivity index (χ4n) is 4.37. The summed E-state index contributed by atoms with van der Waals surface area (Å²) in [5.74, 6) is 1.06. The van der Waals surface area contributed by atoms with E-state index in [-0.39, 0.29) is 23.9 Å². The molecule has 1 aliphatic rings. The highest BCUT2D eigenvalue weighted by molar-refractivity contribution is 7.80. The SMILES string of the molecule is CC(C)Oc1ccc(N2C(=S)NC(c3ccccn3)C2c2cccn2-c2ccc(O)cc2)cc1. The van der Waals surface area contributed by atoms with Crippen LogP contribution in [-0.4, -0.2) is 25.9 Å². The van der Waals surface area contributed by atoms with Gasteiger partial charge in [-0.25, -0.2) is 0 Å². The Bertz CT molecular complexity index is 1270. The second-order valence-corrected chi connectivity index (χ2v) is 8.86. The van der Waals surface area contributed by atoms with E-state index in [0.29, 0.717) is 5.11 Å². The summed E-state index contributed by atoms with van der Waals surface area (Å²) in [6.07, 6.45) is 3.93. The molecule has 7 heteroatoms. The Kier molecular flexibility index (Phi) is 5.94. The highest BCUT2D eigenvalue weighted by Gasteiger charge is 2.42. The predicted octanol–water partition coefficient (Wildman–Crippen LogP) is 5.54. The lowest BCUT2D eigenvalue weighted by atomic mass is 10.0. The molecule has 0 amide bonds. The van der Waals surface area contributed by atoms with Gasteiger partial charge in [0.2, 0.25) is 0 Å². The van der Waals surface area contributed by atoms with Gasteiger partial charge >= 0.3 is 0 Å². The Balaban J connectivity index is 1.60. The van der Waals surface area contributed by atoms with Gasteiger partial charge < -0.3 is 24.6 Å². The first-order valence-electron chi connectivity index (χ1n) is 11.3. The van der Waals surface area contributed by atoms with Crippen molar-refractivity contribution in [3.05, 3.63) is 103 Å². The van der Waals surface area contributed by atoms with Gasteiger partial charge in [-0.1, -0.05) is 6.07 Å². The van der Waals surface area contributed by atoms with Crippen LogP contribution >= 0.6 is 12.2 Å². The maximum Gasteiger partial charge on any atom is 0.174 e. The average molecular weight is 471 g/mol. The van der Waals surface area contributed by atoms with Crippen LogP contribution in [0, 0.1) is 0 Å². The summed E-state index contributed by atoms with van der Waals surface area (Å²) >= 11 is 5.84. The van der Waals surface area contributed by atoms with Crippen LogP contribution < -0.4 is 15.0 Å². The Morgan fingerprint density at radius 3 is 2.35 bits per heavy atom. The van der Waals surface area contributed by atoms with Crippen LogP contribution in [0.1, 0.15) is 37.3 Å². The number of rotatable bonds is 6. The highest BCUT2D eigenvalue weighted by Crippen LogP contribution is 2.42. The van der Waals surface area contributed by atoms with Crippen molar-refractivity contribution >= 4 is 23.0 Å². The number of phenols is 1. The molecule has 0 spiro atoms. The zero-order chi connectivity index (χ0) is 23.7. The van der Waals surface area contributed by atoms with Gasteiger partial charge in [0, 0.05) is 29.5 Å². The first-order chi connectivity index (χ1) is 16.5. The Hall–Kier alpha value is -3.84. The van der Waals surface area contributed by atoms with Gasteiger partial charge in [-0.3, -0.25) is 4.98 Å². The normalized spacial score (nSPS) is 17.7. The van der Waals surface area contributed by atoms with Gasteiger partial charge in [0.05, 0.1) is 17.8 Å². The minimum absolute atomic E-state index is 0.107. The smallest absolute Gasteiger partial charge is 0.174 e. The molecular formula is C27H26N4O2S. The summed E-state index contributed by atoms with van der Waals surface area (Å²) in [5.41, 5.74) is 3.89. The topological polar surface area (TPSA) is 62.5 Å². The molecule has 2 N–H and O–H groups in total. The lowest BCUT2D eigenvalue weighted by molar-refractivity contribution is 0.242. The van der Waals surface area contributed by atoms with Crippen molar-refractivity contribution < 1.29 is 9.84 Å². The van der Waals surface area contributed by atoms with Crippen molar-refractivity contribution in [1.82, 2.24) is 14.9 Å². The van der Waals surface area contributed by atoms with Crippen molar-refractivity contribution in [1.29, 1.82) is 0 Å². The number of anilines is 1. The number of aromatic hydroxyl groups is 1. The Morgan fingerprint density at radius 2 is 1.68 bits per heavy atom. The molecule has 1 fully saturated rings. The number of ether oxygens (including phenoxy) is 1. The molecule has 2 aromatic heterocycles. The average Bonchev–Trinajstić information content (AvgIpc) is 3.45. The van der Waals surface area contributed by atoms with Gasteiger partial charge in [0.15, 0.2) is 5.11 Å². The number of benzene rings is 2. The van der Waals surface area contributed by atoms with E-state index >= 15 is 0 Å². The predicted molar refractivity (Wildman–Crippen MR) is 138 cm³/mol. The number of aromatic nitrogens is 2. The van der Waals surface area contributed by atoms with Crippen molar-refractivity contribution in [3.8, 4) is 17.2 Å².